The molecule has 0 aliphatic rings. The minimum atomic E-state index is 0.344. The van der Waals surface area contributed by atoms with E-state index in [2.05, 4.69) is 67.3 Å². The highest BCUT2D eigenvalue weighted by molar-refractivity contribution is 5.59. The number of hydrogen-bond donors (Lipinski definition) is 2. The van der Waals surface area contributed by atoms with E-state index in [9.17, 15) is 0 Å². The lowest BCUT2D eigenvalue weighted by molar-refractivity contribution is 0.391. The first-order chi connectivity index (χ1) is 8.95. The summed E-state index contributed by atoms with van der Waals surface area (Å²) >= 11 is 0. The van der Waals surface area contributed by atoms with Crippen LogP contribution in [0, 0.1) is 0 Å². The van der Waals surface area contributed by atoms with E-state index in [-0.39, 0.29) is 0 Å². The minimum Gasteiger partial charge on any atom is -0.370 e. The Hall–Kier alpha value is -1.36. The lowest BCUT2D eigenvalue weighted by Crippen LogP contribution is -2.30. The summed E-state index contributed by atoms with van der Waals surface area (Å²) in [6.07, 6.45) is 1.62. The number of hydrogen-bond acceptors (Lipinski definition) is 5. The predicted octanol–water partition coefficient (Wildman–Crippen LogP) is 2.39. The zero-order valence-electron chi connectivity index (χ0n) is 13.0. The number of likely N-dealkylation sites (N-methyl/N-ethyl adjacent to an activating group) is 1. The number of nitrogens with one attached hydrogen (secondary N) is 2. The molecule has 1 heterocycles. The van der Waals surface area contributed by atoms with E-state index in [1.165, 1.54) is 0 Å². The van der Waals surface area contributed by atoms with E-state index in [1.54, 1.807) is 6.33 Å². The quantitative estimate of drug-likeness (QED) is 0.793. The zero-order valence-corrected chi connectivity index (χ0v) is 13.0. The van der Waals surface area contributed by atoms with Crippen molar-refractivity contribution in [3.8, 4) is 0 Å². The fraction of sp³-hybridized carbons (Fsp3) is 0.714. The number of anilines is 2. The van der Waals surface area contributed by atoms with Crippen LogP contribution in [0.3, 0.4) is 0 Å². The van der Waals surface area contributed by atoms with Gasteiger partial charge in [0.05, 0.1) is 0 Å². The van der Waals surface area contributed by atoms with Crippen LogP contribution in [-0.2, 0) is 0 Å². The maximum Gasteiger partial charge on any atom is 0.135 e. The van der Waals surface area contributed by atoms with E-state index >= 15 is 0 Å². The molecular formula is C14H27N5. The van der Waals surface area contributed by atoms with E-state index in [4.69, 9.17) is 0 Å². The summed E-state index contributed by atoms with van der Waals surface area (Å²) in [7, 11) is 4.15. The molecule has 108 valence electrons. The highest BCUT2D eigenvalue weighted by Gasteiger charge is 2.16. The van der Waals surface area contributed by atoms with Gasteiger partial charge in [0, 0.05) is 24.7 Å². The Morgan fingerprint density at radius 2 is 1.79 bits per heavy atom. The Bertz CT molecular complexity index is 389. The normalized spacial score (nSPS) is 12.8. The molecule has 0 saturated carbocycles. The van der Waals surface area contributed by atoms with Gasteiger partial charge in [-0.05, 0) is 33.9 Å². The van der Waals surface area contributed by atoms with E-state index < -0.39 is 0 Å². The summed E-state index contributed by atoms with van der Waals surface area (Å²) in [6, 6.07) is 0.344. The van der Waals surface area contributed by atoms with Gasteiger partial charge in [-0.3, -0.25) is 0 Å². The van der Waals surface area contributed by atoms with Crippen LogP contribution >= 0.6 is 0 Å². The van der Waals surface area contributed by atoms with Gasteiger partial charge in [0.25, 0.3) is 0 Å². The molecule has 19 heavy (non-hydrogen) atoms. The van der Waals surface area contributed by atoms with Gasteiger partial charge in [0.15, 0.2) is 0 Å². The van der Waals surface area contributed by atoms with Crippen molar-refractivity contribution in [1.82, 2.24) is 14.9 Å². The van der Waals surface area contributed by atoms with Crippen molar-refractivity contribution < 1.29 is 0 Å². The molecule has 0 saturated heterocycles. The Labute approximate surface area is 116 Å². The molecule has 0 spiro atoms. The molecule has 0 aliphatic heterocycles. The van der Waals surface area contributed by atoms with Gasteiger partial charge < -0.3 is 15.5 Å². The molecule has 2 N–H and O–H groups in total. The fourth-order valence-electron chi connectivity index (χ4n) is 2.19. The van der Waals surface area contributed by atoms with Gasteiger partial charge in [-0.15, -0.1) is 0 Å². The Morgan fingerprint density at radius 1 is 1.16 bits per heavy atom. The summed E-state index contributed by atoms with van der Waals surface area (Å²) in [5, 5.41) is 6.80. The van der Waals surface area contributed by atoms with Crippen LogP contribution in [0.5, 0.6) is 0 Å². The zero-order chi connectivity index (χ0) is 14.4. The second-order valence-electron chi connectivity index (χ2n) is 5.48. The molecule has 5 heteroatoms. The molecule has 1 atom stereocenters. The Morgan fingerprint density at radius 3 is 2.32 bits per heavy atom. The summed E-state index contributed by atoms with van der Waals surface area (Å²) in [5.74, 6) is 2.26. The largest absolute Gasteiger partial charge is 0.370 e. The second kappa shape index (κ2) is 7.28. The maximum atomic E-state index is 4.41. The molecule has 0 aromatic carbocycles. The molecule has 0 fully saturated rings. The van der Waals surface area contributed by atoms with Gasteiger partial charge >= 0.3 is 0 Å². The van der Waals surface area contributed by atoms with Crippen LogP contribution in [0.2, 0.25) is 0 Å². The third kappa shape index (κ3) is 4.67. The molecule has 1 unspecified atom stereocenters. The van der Waals surface area contributed by atoms with Crippen molar-refractivity contribution in [3.63, 3.8) is 0 Å². The van der Waals surface area contributed by atoms with E-state index in [0.29, 0.717) is 12.0 Å². The molecule has 5 nitrogen and oxygen atoms in total. The predicted molar refractivity (Wildman–Crippen MR) is 81.9 cm³/mol. The molecule has 0 radical (unpaired) electrons. The van der Waals surface area contributed by atoms with Crippen LogP contribution in [0.4, 0.5) is 11.6 Å². The van der Waals surface area contributed by atoms with Gasteiger partial charge in [0.2, 0.25) is 0 Å². The third-order valence-electron chi connectivity index (χ3n) is 2.83. The summed E-state index contributed by atoms with van der Waals surface area (Å²) < 4.78 is 0. The highest BCUT2D eigenvalue weighted by atomic mass is 15.1. The second-order valence-corrected chi connectivity index (χ2v) is 5.48. The van der Waals surface area contributed by atoms with Crippen molar-refractivity contribution >= 4 is 11.6 Å². The van der Waals surface area contributed by atoms with Crippen molar-refractivity contribution in [2.24, 2.45) is 0 Å². The number of rotatable bonds is 7. The monoisotopic (exact) mass is 265 g/mol. The highest BCUT2D eigenvalue weighted by Crippen LogP contribution is 2.28. The average Bonchev–Trinajstić information content (AvgIpc) is 2.27. The summed E-state index contributed by atoms with van der Waals surface area (Å²) in [4.78, 5) is 10.9. The first kappa shape index (κ1) is 15.7. The fourth-order valence-corrected chi connectivity index (χ4v) is 2.19. The topological polar surface area (TPSA) is 53.1 Å². The first-order valence-corrected chi connectivity index (χ1v) is 6.95. The van der Waals surface area contributed by atoms with Crippen LogP contribution in [0.15, 0.2) is 6.33 Å². The summed E-state index contributed by atoms with van der Waals surface area (Å²) in [6.45, 7) is 10.4. The van der Waals surface area contributed by atoms with Crippen molar-refractivity contribution in [3.05, 3.63) is 11.9 Å². The Balaban J connectivity index is 2.96. The molecule has 1 rings (SSSR count). The molecule has 1 aromatic heterocycles. The van der Waals surface area contributed by atoms with Crippen molar-refractivity contribution in [2.75, 3.05) is 37.8 Å². The minimum absolute atomic E-state index is 0.344. The van der Waals surface area contributed by atoms with Crippen LogP contribution in [-0.4, -0.2) is 48.1 Å². The maximum absolute atomic E-state index is 4.41. The first-order valence-electron chi connectivity index (χ1n) is 6.95. The Kier molecular flexibility index (Phi) is 6.02. The molecular weight excluding hydrogens is 238 g/mol. The molecule has 0 bridgehead atoms. The van der Waals surface area contributed by atoms with Crippen LogP contribution < -0.4 is 10.6 Å². The SMILES string of the molecule is CCNc1ncnc(NC(C)CN(C)C)c1C(C)C. The smallest absolute Gasteiger partial charge is 0.135 e. The number of aromatic nitrogens is 2. The van der Waals surface area contributed by atoms with Gasteiger partial charge in [-0.2, -0.15) is 0 Å². The third-order valence-corrected chi connectivity index (χ3v) is 2.83. The molecule has 0 aliphatic carbocycles. The number of nitrogens with zero attached hydrogens (tertiary/aromatic N) is 3. The van der Waals surface area contributed by atoms with Crippen LogP contribution in [0.1, 0.15) is 39.2 Å². The van der Waals surface area contributed by atoms with Crippen molar-refractivity contribution in [2.45, 2.75) is 39.7 Å². The van der Waals surface area contributed by atoms with Gasteiger partial charge in [-0.1, -0.05) is 13.8 Å². The average molecular weight is 265 g/mol. The van der Waals surface area contributed by atoms with E-state index in [0.717, 1.165) is 30.3 Å². The lowest BCUT2D eigenvalue weighted by atomic mass is 10.0. The standard InChI is InChI=1S/C14H27N5/c1-7-15-13-12(10(2)3)14(17-9-16-13)18-11(4)8-19(5)6/h9-11H,7-8H2,1-6H3,(H2,15,16,17,18). The summed E-state index contributed by atoms with van der Waals surface area (Å²) in [5.41, 5.74) is 1.16. The van der Waals surface area contributed by atoms with Gasteiger partial charge in [-0.25, -0.2) is 9.97 Å². The molecule has 1 aromatic rings. The molecule has 0 amide bonds. The van der Waals surface area contributed by atoms with Gasteiger partial charge in [0.1, 0.15) is 18.0 Å². The van der Waals surface area contributed by atoms with Crippen molar-refractivity contribution in [1.29, 1.82) is 0 Å². The lowest BCUT2D eigenvalue weighted by Gasteiger charge is -2.22. The van der Waals surface area contributed by atoms with E-state index in [1.807, 2.05) is 0 Å². The van der Waals surface area contributed by atoms with Crippen LogP contribution in [0.25, 0.3) is 0 Å².